The van der Waals surface area contributed by atoms with Crippen LogP contribution in [0.3, 0.4) is 0 Å². The van der Waals surface area contributed by atoms with E-state index in [2.05, 4.69) is 31.0 Å². The van der Waals surface area contributed by atoms with Crippen LogP contribution in [0.1, 0.15) is 24.9 Å². The third-order valence-electron chi connectivity index (χ3n) is 2.90. The molecule has 90 valence electrons. The number of nitrogens with zero attached hydrogens (tertiary/aromatic N) is 1. The van der Waals surface area contributed by atoms with Gasteiger partial charge in [-0.1, -0.05) is 19.1 Å². The molecule has 0 aliphatic rings. The lowest BCUT2D eigenvalue weighted by Crippen LogP contribution is -2.29. The molecule has 1 aromatic rings. The van der Waals surface area contributed by atoms with Crippen molar-refractivity contribution >= 4 is 0 Å². The van der Waals surface area contributed by atoms with Crippen molar-refractivity contribution in [1.82, 2.24) is 4.90 Å². The maximum atomic E-state index is 5.58. The van der Waals surface area contributed by atoms with Crippen LogP contribution in [0.4, 0.5) is 0 Å². The molecule has 2 N–H and O–H groups in total. The molecule has 3 heteroatoms. The molecule has 0 radical (unpaired) electrons. The zero-order valence-corrected chi connectivity index (χ0v) is 10.4. The van der Waals surface area contributed by atoms with Gasteiger partial charge in [-0.15, -0.1) is 0 Å². The van der Waals surface area contributed by atoms with Crippen LogP contribution in [-0.2, 0) is 0 Å². The molecule has 0 aliphatic heterocycles. The van der Waals surface area contributed by atoms with E-state index in [0.29, 0.717) is 12.6 Å². The molecule has 1 aromatic carbocycles. The Morgan fingerprint density at radius 1 is 1.31 bits per heavy atom. The van der Waals surface area contributed by atoms with Crippen molar-refractivity contribution in [3.63, 3.8) is 0 Å². The first-order valence-electron chi connectivity index (χ1n) is 5.77. The highest BCUT2D eigenvalue weighted by Crippen LogP contribution is 2.24. The van der Waals surface area contributed by atoms with Gasteiger partial charge in [-0.05, 0) is 31.2 Å². The fraction of sp³-hybridized carbons (Fsp3) is 0.538. The second-order valence-electron chi connectivity index (χ2n) is 3.97. The van der Waals surface area contributed by atoms with Gasteiger partial charge in [0.15, 0.2) is 0 Å². The molecule has 1 atom stereocenters. The summed E-state index contributed by atoms with van der Waals surface area (Å²) in [6.07, 6.45) is 1.09. The van der Waals surface area contributed by atoms with E-state index >= 15 is 0 Å². The van der Waals surface area contributed by atoms with E-state index in [4.69, 9.17) is 10.5 Å². The highest BCUT2D eigenvalue weighted by molar-refractivity contribution is 5.29. The molecule has 16 heavy (non-hydrogen) atoms. The van der Waals surface area contributed by atoms with Crippen LogP contribution in [0.5, 0.6) is 5.75 Å². The molecule has 3 nitrogen and oxygen atoms in total. The summed E-state index contributed by atoms with van der Waals surface area (Å²) in [5, 5.41) is 0. The molecule has 0 saturated heterocycles. The van der Waals surface area contributed by atoms with Gasteiger partial charge in [-0.2, -0.15) is 0 Å². The molecule has 1 unspecified atom stereocenters. The Kier molecular flexibility index (Phi) is 5.29. The van der Waals surface area contributed by atoms with E-state index in [-0.39, 0.29) is 0 Å². The van der Waals surface area contributed by atoms with Crippen molar-refractivity contribution in [3.05, 3.63) is 29.8 Å². The number of nitrogens with two attached hydrogens (primary N) is 1. The molecular formula is C13H22N2O. The van der Waals surface area contributed by atoms with Crippen LogP contribution in [-0.4, -0.2) is 32.1 Å². The molecule has 0 fully saturated rings. The molecule has 0 spiro atoms. The number of hydrogen-bond acceptors (Lipinski definition) is 3. The predicted octanol–water partition coefficient (Wildman–Crippen LogP) is 2.04. The van der Waals surface area contributed by atoms with Gasteiger partial charge < -0.3 is 10.5 Å². The monoisotopic (exact) mass is 222 g/mol. The molecule has 0 saturated carbocycles. The molecule has 0 amide bonds. The second kappa shape index (κ2) is 6.51. The van der Waals surface area contributed by atoms with Gasteiger partial charge in [0.2, 0.25) is 0 Å². The number of ether oxygens (including phenoxy) is 1. The number of likely N-dealkylation sites (N-methyl/N-ethyl adjacent to an activating group) is 1. The normalized spacial score (nSPS) is 12.8. The number of methoxy groups -OCH3 is 1. The van der Waals surface area contributed by atoms with Crippen LogP contribution in [0.15, 0.2) is 24.3 Å². The lowest BCUT2D eigenvalue weighted by Gasteiger charge is -2.27. The van der Waals surface area contributed by atoms with Gasteiger partial charge in [-0.3, -0.25) is 4.90 Å². The predicted molar refractivity (Wildman–Crippen MR) is 67.7 cm³/mol. The van der Waals surface area contributed by atoms with Gasteiger partial charge >= 0.3 is 0 Å². The first-order chi connectivity index (χ1) is 7.72. The number of rotatable bonds is 6. The Morgan fingerprint density at radius 2 is 1.94 bits per heavy atom. The van der Waals surface area contributed by atoms with E-state index in [1.807, 2.05) is 12.1 Å². The molecule has 0 bridgehead atoms. The van der Waals surface area contributed by atoms with Crippen molar-refractivity contribution in [3.8, 4) is 5.75 Å². The average molecular weight is 222 g/mol. The van der Waals surface area contributed by atoms with Crippen LogP contribution in [0.25, 0.3) is 0 Å². The average Bonchev–Trinajstić information content (AvgIpc) is 2.31. The summed E-state index contributed by atoms with van der Waals surface area (Å²) in [7, 11) is 3.80. The fourth-order valence-electron chi connectivity index (χ4n) is 1.99. The first kappa shape index (κ1) is 13.0. The maximum Gasteiger partial charge on any atom is 0.118 e. The van der Waals surface area contributed by atoms with Crippen LogP contribution < -0.4 is 10.5 Å². The lowest BCUT2D eigenvalue weighted by molar-refractivity contribution is 0.245. The zero-order chi connectivity index (χ0) is 12.0. The van der Waals surface area contributed by atoms with E-state index in [9.17, 15) is 0 Å². The Hall–Kier alpha value is -1.06. The number of hydrogen-bond donors (Lipinski definition) is 1. The van der Waals surface area contributed by atoms with Gasteiger partial charge in [0.05, 0.1) is 7.11 Å². The Balaban J connectivity index is 2.78. The summed E-state index contributed by atoms with van der Waals surface area (Å²) in [5.41, 5.74) is 6.90. The summed E-state index contributed by atoms with van der Waals surface area (Å²) < 4.78 is 5.16. The van der Waals surface area contributed by atoms with E-state index in [1.54, 1.807) is 7.11 Å². The quantitative estimate of drug-likeness (QED) is 0.800. The first-order valence-corrected chi connectivity index (χ1v) is 5.77. The van der Waals surface area contributed by atoms with Crippen LogP contribution >= 0.6 is 0 Å². The SMILES string of the molecule is CCC(c1ccc(OC)cc1)N(C)CCN. The Labute approximate surface area is 98.2 Å². The Bertz CT molecular complexity index is 297. The summed E-state index contributed by atoms with van der Waals surface area (Å²) in [4.78, 5) is 2.29. The van der Waals surface area contributed by atoms with Gasteiger partial charge in [-0.25, -0.2) is 0 Å². The van der Waals surface area contributed by atoms with Crippen molar-refractivity contribution in [2.24, 2.45) is 5.73 Å². The fourth-order valence-corrected chi connectivity index (χ4v) is 1.99. The van der Waals surface area contributed by atoms with Gasteiger partial charge in [0.25, 0.3) is 0 Å². The smallest absolute Gasteiger partial charge is 0.118 e. The van der Waals surface area contributed by atoms with Crippen molar-refractivity contribution in [2.45, 2.75) is 19.4 Å². The lowest BCUT2D eigenvalue weighted by atomic mass is 10.0. The van der Waals surface area contributed by atoms with Crippen LogP contribution in [0, 0.1) is 0 Å². The maximum absolute atomic E-state index is 5.58. The van der Waals surface area contributed by atoms with Crippen molar-refractivity contribution in [2.75, 3.05) is 27.2 Å². The van der Waals surface area contributed by atoms with E-state index < -0.39 is 0 Å². The van der Waals surface area contributed by atoms with E-state index in [0.717, 1.165) is 18.7 Å². The minimum absolute atomic E-state index is 0.439. The molecular weight excluding hydrogens is 200 g/mol. The highest BCUT2D eigenvalue weighted by Gasteiger charge is 2.13. The second-order valence-corrected chi connectivity index (χ2v) is 3.97. The van der Waals surface area contributed by atoms with Crippen molar-refractivity contribution < 1.29 is 4.74 Å². The third kappa shape index (κ3) is 3.22. The Morgan fingerprint density at radius 3 is 2.38 bits per heavy atom. The summed E-state index contributed by atoms with van der Waals surface area (Å²) in [6, 6.07) is 8.71. The minimum Gasteiger partial charge on any atom is -0.497 e. The van der Waals surface area contributed by atoms with Gasteiger partial charge in [0.1, 0.15) is 5.75 Å². The third-order valence-corrected chi connectivity index (χ3v) is 2.90. The molecule has 0 aliphatic carbocycles. The summed E-state index contributed by atoms with van der Waals surface area (Å²) >= 11 is 0. The largest absolute Gasteiger partial charge is 0.497 e. The molecule has 1 rings (SSSR count). The number of benzene rings is 1. The van der Waals surface area contributed by atoms with Gasteiger partial charge in [0, 0.05) is 19.1 Å². The highest BCUT2D eigenvalue weighted by atomic mass is 16.5. The van der Waals surface area contributed by atoms with E-state index in [1.165, 1.54) is 5.56 Å². The summed E-state index contributed by atoms with van der Waals surface area (Å²) in [6.45, 7) is 3.82. The summed E-state index contributed by atoms with van der Waals surface area (Å²) in [5.74, 6) is 0.903. The molecule has 0 aromatic heterocycles. The standard InChI is InChI=1S/C13H22N2O/c1-4-13(15(2)10-9-14)11-5-7-12(16-3)8-6-11/h5-8,13H,4,9-10,14H2,1-3H3. The topological polar surface area (TPSA) is 38.5 Å². The molecule has 0 heterocycles. The zero-order valence-electron chi connectivity index (χ0n) is 10.4. The van der Waals surface area contributed by atoms with Crippen molar-refractivity contribution in [1.29, 1.82) is 0 Å². The van der Waals surface area contributed by atoms with Crippen LogP contribution in [0.2, 0.25) is 0 Å². The minimum atomic E-state index is 0.439.